The topological polar surface area (TPSA) is 72.9 Å². The number of carbonyl (C=O) groups is 1. The highest BCUT2D eigenvalue weighted by Gasteiger charge is 2.21. The summed E-state index contributed by atoms with van der Waals surface area (Å²) in [6, 6.07) is 9.66. The summed E-state index contributed by atoms with van der Waals surface area (Å²) in [6.07, 6.45) is 2.23. The average molecular weight is 423 g/mol. The number of aryl methyl sites for hydroxylation is 2. The van der Waals surface area contributed by atoms with Crippen molar-refractivity contribution in [3.63, 3.8) is 0 Å². The van der Waals surface area contributed by atoms with Crippen LogP contribution in [0.2, 0.25) is 9.36 Å². The Balaban J connectivity index is 1.78. The van der Waals surface area contributed by atoms with E-state index in [4.69, 9.17) is 28.9 Å². The summed E-state index contributed by atoms with van der Waals surface area (Å²) in [7, 11) is 1.78. The molecule has 0 bridgehead atoms. The van der Waals surface area contributed by atoms with Crippen LogP contribution in [0.15, 0.2) is 36.5 Å². The molecule has 0 saturated carbocycles. The average Bonchev–Trinajstić information content (AvgIpc) is 3.18. The Morgan fingerprint density at radius 3 is 2.74 bits per heavy atom. The summed E-state index contributed by atoms with van der Waals surface area (Å²) in [6.45, 7) is 2.40. The third-order valence-electron chi connectivity index (χ3n) is 4.41. The number of carbonyl (C=O) groups excluding carboxylic acids is 1. The third kappa shape index (κ3) is 4.35. The first-order chi connectivity index (χ1) is 12.9. The number of halogens is 2. The van der Waals surface area contributed by atoms with Crippen LogP contribution in [0, 0.1) is 6.92 Å². The first kappa shape index (κ1) is 19.9. The minimum Gasteiger partial charge on any atom is -0.347 e. The molecule has 2 aromatic heterocycles. The van der Waals surface area contributed by atoms with Gasteiger partial charge in [-0.25, -0.2) is 0 Å². The van der Waals surface area contributed by atoms with E-state index in [1.807, 2.05) is 25.1 Å². The zero-order valence-electron chi connectivity index (χ0n) is 15.0. The van der Waals surface area contributed by atoms with Crippen LogP contribution >= 0.6 is 34.5 Å². The molecular weight excluding hydrogens is 403 g/mol. The molecule has 1 amide bonds. The molecule has 0 aliphatic heterocycles. The van der Waals surface area contributed by atoms with Gasteiger partial charge in [0.05, 0.1) is 21.8 Å². The second kappa shape index (κ2) is 8.44. The van der Waals surface area contributed by atoms with Gasteiger partial charge in [-0.05, 0) is 30.5 Å². The van der Waals surface area contributed by atoms with E-state index < -0.39 is 0 Å². The molecule has 0 unspecified atom stereocenters. The van der Waals surface area contributed by atoms with Gasteiger partial charge in [0.15, 0.2) is 0 Å². The van der Waals surface area contributed by atoms with Gasteiger partial charge < -0.3 is 11.1 Å². The van der Waals surface area contributed by atoms with Gasteiger partial charge in [0.25, 0.3) is 5.91 Å². The Morgan fingerprint density at radius 1 is 1.37 bits per heavy atom. The van der Waals surface area contributed by atoms with Gasteiger partial charge in [-0.1, -0.05) is 47.5 Å². The van der Waals surface area contributed by atoms with Crippen LogP contribution in [0.4, 0.5) is 0 Å². The number of nitrogens with one attached hydrogen (secondary N) is 1. The molecule has 0 saturated heterocycles. The number of thiophene rings is 1. The standard InChI is InChI=1S/C19H20Cl2N4OS/c1-11-5-3-4-6-12(11)7-13(9-22)24-19(26)16-8-14(18(21)27-16)17-15(20)10-23-25(17)2/h3-6,8,10,13H,7,9,22H2,1-2H3,(H,24,26)/t13-/m0/s1. The number of hydrogen-bond donors (Lipinski definition) is 2. The smallest absolute Gasteiger partial charge is 0.261 e. The fourth-order valence-corrected chi connectivity index (χ4v) is 4.36. The Morgan fingerprint density at radius 2 is 2.11 bits per heavy atom. The minimum atomic E-state index is -0.199. The molecule has 3 rings (SSSR count). The molecule has 0 fully saturated rings. The summed E-state index contributed by atoms with van der Waals surface area (Å²) >= 11 is 13.8. The van der Waals surface area contributed by atoms with E-state index in [-0.39, 0.29) is 11.9 Å². The van der Waals surface area contributed by atoms with Crippen molar-refractivity contribution in [1.29, 1.82) is 0 Å². The second-order valence-electron chi connectivity index (χ2n) is 6.30. The van der Waals surface area contributed by atoms with Crippen LogP contribution in [-0.2, 0) is 13.5 Å². The molecule has 0 aliphatic rings. The molecule has 142 valence electrons. The van der Waals surface area contributed by atoms with Crippen molar-refractivity contribution in [1.82, 2.24) is 15.1 Å². The van der Waals surface area contributed by atoms with Crippen molar-refractivity contribution in [2.75, 3.05) is 6.54 Å². The van der Waals surface area contributed by atoms with E-state index in [0.29, 0.717) is 38.5 Å². The molecule has 0 radical (unpaired) electrons. The van der Waals surface area contributed by atoms with Crippen LogP contribution in [-0.4, -0.2) is 28.3 Å². The van der Waals surface area contributed by atoms with Gasteiger partial charge in [0.1, 0.15) is 4.34 Å². The van der Waals surface area contributed by atoms with E-state index in [2.05, 4.69) is 16.5 Å². The summed E-state index contributed by atoms with van der Waals surface area (Å²) in [5.74, 6) is -0.199. The van der Waals surface area contributed by atoms with Gasteiger partial charge in [-0.2, -0.15) is 5.10 Å². The molecule has 1 aromatic carbocycles. The number of hydrogen-bond acceptors (Lipinski definition) is 4. The maximum Gasteiger partial charge on any atom is 0.261 e. The molecule has 27 heavy (non-hydrogen) atoms. The van der Waals surface area contributed by atoms with Gasteiger partial charge in [-0.3, -0.25) is 9.48 Å². The van der Waals surface area contributed by atoms with Crippen molar-refractivity contribution in [3.05, 3.63) is 61.9 Å². The molecule has 0 aliphatic carbocycles. The van der Waals surface area contributed by atoms with Crippen molar-refractivity contribution in [2.45, 2.75) is 19.4 Å². The summed E-state index contributed by atoms with van der Waals surface area (Å²) < 4.78 is 2.13. The number of amides is 1. The quantitative estimate of drug-likeness (QED) is 0.628. The highest BCUT2D eigenvalue weighted by molar-refractivity contribution is 7.18. The largest absolute Gasteiger partial charge is 0.347 e. The first-order valence-electron chi connectivity index (χ1n) is 8.43. The summed E-state index contributed by atoms with van der Waals surface area (Å²) in [5, 5.41) is 7.61. The lowest BCUT2D eigenvalue weighted by atomic mass is 10.0. The fourth-order valence-electron chi connectivity index (χ4n) is 2.91. The Hall–Kier alpha value is -1.86. The number of aromatic nitrogens is 2. The number of nitrogens with zero attached hydrogens (tertiary/aromatic N) is 2. The maximum absolute atomic E-state index is 12.7. The molecule has 1 atom stereocenters. The zero-order valence-corrected chi connectivity index (χ0v) is 17.3. The van der Waals surface area contributed by atoms with Crippen molar-refractivity contribution < 1.29 is 4.79 Å². The summed E-state index contributed by atoms with van der Waals surface area (Å²) in [4.78, 5) is 13.2. The molecular formula is C19H20Cl2N4OS. The molecule has 8 heteroatoms. The van der Waals surface area contributed by atoms with Crippen LogP contribution in [0.5, 0.6) is 0 Å². The second-order valence-corrected chi connectivity index (χ2v) is 8.36. The highest BCUT2D eigenvalue weighted by atomic mass is 35.5. The normalized spacial score (nSPS) is 12.2. The maximum atomic E-state index is 12.7. The zero-order chi connectivity index (χ0) is 19.6. The van der Waals surface area contributed by atoms with E-state index >= 15 is 0 Å². The fraction of sp³-hybridized carbons (Fsp3) is 0.263. The predicted molar refractivity (Wildman–Crippen MR) is 112 cm³/mol. The predicted octanol–water partition coefficient (Wildman–Crippen LogP) is 4.06. The van der Waals surface area contributed by atoms with Crippen LogP contribution in [0.25, 0.3) is 11.3 Å². The van der Waals surface area contributed by atoms with E-state index in [1.54, 1.807) is 24.0 Å². The van der Waals surface area contributed by atoms with E-state index in [0.717, 1.165) is 0 Å². The van der Waals surface area contributed by atoms with Gasteiger partial charge in [0, 0.05) is 25.2 Å². The number of rotatable bonds is 6. The lowest BCUT2D eigenvalue weighted by Crippen LogP contribution is -2.41. The minimum absolute atomic E-state index is 0.164. The Kier molecular flexibility index (Phi) is 6.22. The lowest BCUT2D eigenvalue weighted by molar-refractivity contribution is 0.0942. The van der Waals surface area contributed by atoms with Crippen molar-refractivity contribution in [2.24, 2.45) is 12.8 Å². The molecule has 2 heterocycles. The van der Waals surface area contributed by atoms with Gasteiger partial charge in [0.2, 0.25) is 0 Å². The van der Waals surface area contributed by atoms with Crippen LogP contribution < -0.4 is 11.1 Å². The number of nitrogens with two attached hydrogens (primary N) is 1. The molecule has 0 spiro atoms. The van der Waals surface area contributed by atoms with Crippen LogP contribution in [0.1, 0.15) is 20.8 Å². The van der Waals surface area contributed by atoms with Crippen LogP contribution in [0.3, 0.4) is 0 Å². The lowest BCUT2D eigenvalue weighted by Gasteiger charge is -2.17. The SMILES string of the molecule is Cc1ccccc1C[C@@H](CN)NC(=O)c1cc(-c2c(Cl)cnn2C)c(Cl)s1. The number of benzene rings is 1. The highest BCUT2D eigenvalue weighted by Crippen LogP contribution is 2.38. The van der Waals surface area contributed by atoms with Crippen molar-refractivity contribution >= 4 is 40.4 Å². The molecule has 5 nitrogen and oxygen atoms in total. The van der Waals surface area contributed by atoms with E-state index in [9.17, 15) is 4.79 Å². The van der Waals surface area contributed by atoms with E-state index in [1.165, 1.54) is 22.5 Å². The monoisotopic (exact) mass is 422 g/mol. The third-order valence-corrected chi connectivity index (χ3v) is 6.04. The molecule has 3 N–H and O–H groups in total. The Labute approximate surface area is 172 Å². The first-order valence-corrected chi connectivity index (χ1v) is 10.0. The summed E-state index contributed by atoms with van der Waals surface area (Å²) in [5.41, 5.74) is 9.61. The molecule has 3 aromatic rings. The van der Waals surface area contributed by atoms with Gasteiger partial charge >= 0.3 is 0 Å². The van der Waals surface area contributed by atoms with Crippen molar-refractivity contribution in [3.8, 4) is 11.3 Å². The Bertz CT molecular complexity index is 947. The van der Waals surface area contributed by atoms with Gasteiger partial charge in [-0.15, -0.1) is 11.3 Å².